The number of unbranched alkanes of at least 4 members (excludes halogenated alkanes) is 1. The van der Waals surface area contributed by atoms with Crippen molar-refractivity contribution >= 4 is 17.5 Å². The third-order valence-electron chi connectivity index (χ3n) is 5.35. The highest BCUT2D eigenvalue weighted by molar-refractivity contribution is 6.04. The summed E-state index contributed by atoms with van der Waals surface area (Å²) in [6.45, 7) is 7.53. The number of rotatable bonds is 6. The predicted molar refractivity (Wildman–Crippen MR) is 111 cm³/mol. The maximum absolute atomic E-state index is 13.0. The van der Waals surface area contributed by atoms with E-state index in [0.29, 0.717) is 18.1 Å². The van der Waals surface area contributed by atoms with Crippen molar-refractivity contribution in [1.82, 2.24) is 14.5 Å². The first-order valence-electron chi connectivity index (χ1n) is 10.2. The molecule has 2 heterocycles. The number of nitrogens with zero attached hydrogens (tertiary/aromatic N) is 3. The minimum absolute atomic E-state index is 0.0929. The Kier molecular flexibility index (Phi) is 6.17. The summed E-state index contributed by atoms with van der Waals surface area (Å²) in [5, 5.41) is 2.97. The van der Waals surface area contributed by atoms with Gasteiger partial charge in [0.2, 0.25) is 0 Å². The van der Waals surface area contributed by atoms with Crippen LogP contribution in [0.3, 0.4) is 0 Å². The summed E-state index contributed by atoms with van der Waals surface area (Å²) >= 11 is 0. The standard InChI is InChI=1S/C22H30N4O2/c1-5-6-12-25(4)22(28)19-18-9-7-8-13-26(18)20(24-19)21(27)23-17-11-10-15(2)14-16(17)3/h10-11,14H,5-9,12-13H2,1-4H3,(H,23,27). The molecule has 0 aliphatic carbocycles. The van der Waals surface area contributed by atoms with Crippen molar-refractivity contribution in [2.45, 2.75) is 59.4 Å². The zero-order valence-electron chi connectivity index (χ0n) is 17.3. The van der Waals surface area contributed by atoms with E-state index < -0.39 is 0 Å². The van der Waals surface area contributed by atoms with E-state index in [4.69, 9.17) is 0 Å². The molecule has 1 aromatic heterocycles. The fourth-order valence-electron chi connectivity index (χ4n) is 3.70. The fraction of sp³-hybridized carbons (Fsp3) is 0.500. The van der Waals surface area contributed by atoms with Crippen molar-refractivity contribution in [2.75, 3.05) is 18.9 Å². The van der Waals surface area contributed by atoms with Crippen LogP contribution in [-0.4, -0.2) is 39.9 Å². The van der Waals surface area contributed by atoms with E-state index in [-0.39, 0.29) is 11.8 Å². The van der Waals surface area contributed by atoms with Crippen molar-refractivity contribution in [3.05, 3.63) is 46.5 Å². The SMILES string of the molecule is CCCCN(C)C(=O)c1nc(C(=O)Nc2ccc(C)cc2C)n2c1CCCC2. The molecule has 0 saturated carbocycles. The van der Waals surface area contributed by atoms with E-state index in [1.54, 1.807) is 4.90 Å². The van der Waals surface area contributed by atoms with Crippen LogP contribution in [0.1, 0.15) is 70.5 Å². The number of nitrogens with one attached hydrogen (secondary N) is 1. The molecular formula is C22H30N4O2. The number of aryl methyl sites for hydroxylation is 2. The van der Waals surface area contributed by atoms with Crippen LogP contribution in [0.4, 0.5) is 5.69 Å². The summed E-state index contributed by atoms with van der Waals surface area (Å²) in [7, 11) is 1.81. The van der Waals surface area contributed by atoms with Gasteiger partial charge in [-0.3, -0.25) is 9.59 Å². The van der Waals surface area contributed by atoms with Gasteiger partial charge in [0.1, 0.15) is 5.69 Å². The van der Waals surface area contributed by atoms with E-state index in [1.165, 1.54) is 0 Å². The van der Waals surface area contributed by atoms with Crippen LogP contribution >= 0.6 is 0 Å². The third kappa shape index (κ3) is 4.11. The zero-order chi connectivity index (χ0) is 20.3. The lowest BCUT2D eigenvalue weighted by Crippen LogP contribution is -2.29. The third-order valence-corrected chi connectivity index (χ3v) is 5.35. The number of aromatic nitrogens is 2. The van der Waals surface area contributed by atoms with Crippen LogP contribution in [-0.2, 0) is 13.0 Å². The number of amides is 2. The molecule has 150 valence electrons. The number of anilines is 1. The first-order valence-corrected chi connectivity index (χ1v) is 10.2. The average molecular weight is 383 g/mol. The number of carbonyl (C=O) groups excluding carboxylic acids is 2. The second-order valence-electron chi connectivity index (χ2n) is 7.69. The minimum atomic E-state index is -0.259. The lowest BCUT2D eigenvalue weighted by molar-refractivity contribution is 0.0786. The second-order valence-corrected chi connectivity index (χ2v) is 7.69. The number of imidazole rings is 1. The molecule has 6 heteroatoms. The Bertz CT molecular complexity index is 885. The van der Waals surface area contributed by atoms with Gasteiger partial charge in [-0.25, -0.2) is 4.98 Å². The Morgan fingerprint density at radius 3 is 2.75 bits per heavy atom. The van der Waals surface area contributed by atoms with Gasteiger partial charge in [0.15, 0.2) is 5.82 Å². The number of fused-ring (bicyclic) bond motifs is 1. The highest BCUT2D eigenvalue weighted by Crippen LogP contribution is 2.24. The first kappa shape index (κ1) is 20.1. The maximum Gasteiger partial charge on any atom is 0.291 e. The van der Waals surface area contributed by atoms with Gasteiger partial charge in [-0.2, -0.15) is 0 Å². The quantitative estimate of drug-likeness (QED) is 0.822. The molecule has 0 unspecified atom stereocenters. The molecule has 28 heavy (non-hydrogen) atoms. The zero-order valence-corrected chi connectivity index (χ0v) is 17.3. The van der Waals surface area contributed by atoms with Crippen LogP contribution in [0.5, 0.6) is 0 Å². The summed E-state index contributed by atoms with van der Waals surface area (Å²) in [5.74, 6) is -0.0167. The molecule has 0 fully saturated rings. The molecule has 0 spiro atoms. The molecule has 1 aliphatic rings. The van der Waals surface area contributed by atoms with Crippen LogP contribution in [0, 0.1) is 13.8 Å². The van der Waals surface area contributed by atoms with Crippen molar-refractivity contribution < 1.29 is 9.59 Å². The summed E-state index contributed by atoms with van der Waals surface area (Å²) < 4.78 is 1.93. The van der Waals surface area contributed by atoms with Gasteiger partial charge in [0.05, 0.1) is 5.69 Å². The Hall–Kier alpha value is -2.63. The number of benzene rings is 1. The van der Waals surface area contributed by atoms with Crippen LogP contribution in [0.2, 0.25) is 0 Å². The van der Waals surface area contributed by atoms with Crippen molar-refractivity contribution in [3.63, 3.8) is 0 Å². The average Bonchev–Trinajstić information content (AvgIpc) is 3.07. The topological polar surface area (TPSA) is 67.2 Å². The van der Waals surface area contributed by atoms with E-state index in [1.807, 2.05) is 43.7 Å². The van der Waals surface area contributed by atoms with Gasteiger partial charge in [0, 0.05) is 25.8 Å². The normalized spacial score (nSPS) is 13.1. The largest absolute Gasteiger partial charge is 0.340 e. The van der Waals surface area contributed by atoms with Crippen LogP contribution in [0.15, 0.2) is 18.2 Å². The Morgan fingerprint density at radius 2 is 2.04 bits per heavy atom. The first-order chi connectivity index (χ1) is 13.4. The van der Waals surface area contributed by atoms with Crippen molar-refractivity contribution in [2.24, 2.45) is 0 Å². The summed E-state index contributed by atoms with van der Waals surface area (Å²) in [6, 6.07) is 5.92. The van der Waals surface area contributed by atoms with Crippen molar-refractivity contribution in [1.29, 1.82) is 0 Å². The molecule has 1 N–H and O–H groups in total. The second kappa shape index (κ2) is 8.59. The number of carbonyl (C=O) groups is 2. The van der Waals surface area contributed by atoms with Crippen molar-refractivity contribution in [3.8, 4) is 0 Å². The van der Waals surface area contributed by atoms with Gasteiger partial charge in [-0.05, 0) is 51.2 Å². The molecule has 1 aromatic carbocycles. The summed E-state index contributed by atoms with van der Waals surface area (Å²) in [4.78, 5) is 32.1. The Morgan fingerprint density at radius 1 is 1.25 bits per heavy atom. The van der Waals surface area contributed by atoms with Gasteiger partial charge in [-0.1, -0.05) is 31.0 Å². The molecule has 3 rings (SSSR count). The fourth-order valence-corrected chi connectivity index (χ4v) is 3.70. The molecule has 0 saturated heterocycles. The maximum atomic E-state index is 13.0. The van der Waals surface area contributed by atoms with E-state index >= 15 is 0 Å². The Balaban J connectivity index is 1.89. The summed E-state index contributed by atoms with van der Waals surface area (Å²) in [6.07, 6.45) is 4.78. The minimum Gasteiger partial charge on any atom is -0.340 e. The lowest BCUT2D eigenvalue weighted by atomic mass is 10.1. The molecule has 1 aliphatic heterocycles. The van der Waals surface area contributed by atoms with Crippen LogP contribution < -0.4 is 5.32 Å². The molecule has 0 atom stereocenters. The highest BCUT2D eigenvalue weighted by atomic mass is 16.2. The van der Waals surface area contributed by atoms with Crippen LogP contribution in [0.25, 0.3) is 0 Å². The van der Waals surface area contributed by atoms with Gasteiger partial charge < -0.3 is 14.8 Å². The van der Waals surface area contributed by atoms with Gasteiger partial charge in [-0.15, -0.1) is 0 Å². The molecule has 6 nitrogen and oxygen atoms in total. The van der Waals surface area contributed by atoms with E-state index in [0.717, 1.165) is 61.2 Å². The number of hydrogen-bond acceptors (Lipinski definition) is 3. The molecule has 2 amide bonds. The van der Waals surface area contributed by atoms with Gasteiger partial charge >= 0.3 is 0 Å². The van der Waals surface area contributed by atoms with E-state index in [2.05, 4.69) is 17.2 Å². The van der Waals surface area contributed by atoms with Gasteiger partial charge in [0.25, 0.3) is 11.8 Å². The lowest BCUT2D eigenvalue weighted by Gasteiger charge is -2.19. The predicted octanol–water partition coefficient (Wildman–Crippen LogP) is 3.96. The molecule has 0 bridgehead atoms. The monoisotopic (exact) mass is 382 g/mol. The van der Waals surface area contributed by atoms with E-state index in [9.17, 15) is 9.59 Å². The smallest absolute Gasteiger partial charge is 0.291 e. The highest BCUT2D eigenvalue weighted by Gasteiger charge is 2.29. The molecule has 0 radical (unpaired) electrons. The number of hydrogen-bond donors (Lipinski definition) is 1. The molecule has 2 aromatic rings. The molecular weight excluding hydrogens is 352 g/mol. The Labute approximate surface area is 166 Å². The summed E-state index contributed by atoms with van der Waals surface area (Å²) in [5.41, 5.74) is 4.26.